The maximum Gasteiger partial charge on any atom is 0.227 e. The zero-order valence-electron chi connectivity index (χ0n) is 14.9. The second kappa shape index (κ2) is 8.51. The Morgan fingerprint density at radius 2 is 1.70 bits per heavy atom. The highest BCUT2D eigenvalue weighted by atomic mass is 16.5. The van der Waals surface area contributed by atoms with Crippen molar-refractivity contribution < 1.29 is 19.7 Å². The van der Waals surface area contributed by atoms with Gasteiger partial charge in [-0.3, -0.25) is 5.11 Å². The van der Waals surface area contributed by atoms with Crippen LogP contribution in [0.1, 0.15) is 44.7 Å². The summed E-state index contributed by atoms with van der Waals surface area (Å²) in [5.74, 6) is -0.105. The molecule has 0 fully saturated rings. The molecule has 0 aliphatic carbocycles. The molecule has 0 amide bonds. The molecule has 0 atom stereocenters. The smallest absolute Gasteiger partial charge is 0.227 e. The van der Waals surface area contributed by atoms with Gasteiger partial charge in [0, 0.05) is 11.1 Å². The van der Waals surface area contributed by atoms with E-state index in [1.54, 1.807) is 6.92 Å². The van der Waals surface area contributed by atoms with Crippen LogP contribution in [0.15, 0.2) is 23.3 Å². The molecule has 23 heavy (non-hydrogen) atoms. The Bertz CT molecular complexity index is 609. The van der Waals surface area contributed by atoms with E-state index in [4.69, 9.17) is 9.47 Å². The van der Waals surface area contributed by atoms with Crippen molar-refractivity contribution in [2.24, 2.45) is 0 Å². The van der Waals surface area contributed by atoms with Gasteiger partial charge in [-0.1, -0.05) is 23.3 Å². The Balaban J connectivity index is 3.05. The van der Waals surface area contributed by atoms with E-state index in [0.29, 0.717) is 17.5 Å². The predicted molar refractivity (Wildman–Crippen MR) is 92.2 cm³/mol. The van der Waals surface area contributed by atoms with E-state index in [0.717, 1.165) is 12.8 Å². The summed E-state index contributed by atoms with van der Waals surface area (Å²) in [6.07, 6.45) is 6.70. The number of rotatable bonds is 7. The fraction of sp³-hybridized carbons (Fsp3) is 0.474. The summed E-state index contributed by atoms with van der Waals surface area (Å²) in [7, 11) is 2.81. The molecule has 1 rings (SSSR count). The van der Waals surface area contributed by atoms with Crippen molar-refractivity contribution in [1.29, 1.82) is 0 Å². The second-order valence-electron chi connectivity index (χ2n) is 5.92. The minimum atomic E-state index is -0.243. The van der Waals surface area contributed by atoms with Gasteiger partial charge < -0.3 is 14.6 Å². The van der Waals surface area contributed by atoms with Gasteiger partial charge >= 0.3 is 0 Å². The van der Waals surface area contributed by atoms with Gasteiger partial charge in [0.1, 0.15) is 0 Å². The van der Waals surface area contributed by atoms with Gasteiger partial charge in [-0.05, 0) is 47.0 Å². The Kier molecular flexibility index (Phi) is 7.01. The van der Waals surface area contributed by atoms with E-state index >= 15 is 0 Å². The van der Waals surface area contributed by atoms with Crippen molar-refractivity contribution in [1.82, 2.24) is 0 Å². The molecule has 0 heterocycles. The summed E-state index contributed by atoms with van der Waals surface area (Å²) in [6.45, 7) is 7.93. The first-order valence-electron chi connectivity index (χ1n) is 7.75. The average Bonchev–Trinajstić information content (AvgIpc) is 2.50. The summed E-state index contributed by atoms with van der Waals surface area (Å²) >= 11 is 0. The fourth-order valence-corrected chi connectivity index (χ4v) is 2.42. The zero-order chi connectivity index (χ0) is 17.6. The molecule has 0 bridgehead atoms. The lowest BCUT2D eigenvalue weighted by molar-refractivity contribution is 0.286. The Hall–Kier alpha value is -2.10. The fourth-order valence-electron chi connectivity index (χ4n) is 2.42. The Morgan fingerprint density at radius 3 is 2.22 bits per heavy atom. The maximum atomic E-state index is 12.3. The van der Waals surface area contributed by atoms with E-state index in [9.17, 15) is 10.2 Å². The Morgan fingerprint density at radius 1 is 1.09 bits per heavy atom. The molecule has 4 heteroatoms. The van der Waals surface area contributed by atoms with Crippen molar-refractivity contribution >= 4 is 0 Å². The zero-order valence-corrected chi connectivity index (χ0v) is 14.9. The molecule has 4 nitrogen and oxygen atoms in total. The molecule has 1 radical (unpaired) electrons. The third-order valence-corrected chi connectivity index (χ3v) is 3.86. The summed E-state index contributed by atoms with van der Waals surface area (Å²) in [5.41, 5.74) is 3.62. The van der Waals surface area contributed by atoms with Crippen LogP contribution < -0.4 is 9.47 Å². The predicted octanol–water partition coefficient (Wildman–Crippen LogP) is 5.10. The third-order valence-electron chi connectivity index (χ3n) is 3.86. The van der Waals surface area contributed by atoms with Crippen molar-refractivity contribution in [3.63, 3.8) is 0 Å². The van der Waals surface area contributed by atoms with Crippen molar-refractivity contribution in [3.05, 3.63) is 34.4 Å². The number of phenols is 1. The summed E-state index contributed by atoms with van der Waals surface area (Å²) in [6, 6.07) is 0. The van der Waals surface area contributed by atoms with Gasteiger partial charge in [0.15, 0.2) is 5.75 Å². The van der Waals surface area contributed by atoms with Gasteiger partial charge in [-0.15, -0.1) is 0 Å². The summed E-state index contributed by atoms with van der Waals surface area (Å²) < 4.78 is 10.2. The highest BCUT2D eigenvalue weighted by molar-refractivity contribution is 5.66. The lowest BCUT2D eigenvalue weighted by Gasteiger charge is -2.15. The molecule has 0 saturated heterocycles. The molecule has 0 unspecified atom stereocenters. The molecule has 0 aromatic heterocycles. The monoisotopic (exact) mass is 319 g/mol. The number of hydrogen-bond acceptors (Lipinski definition) is 3. The lowest BCUT2D eigenvalue weighted by atomic mass is 9.99. The highest BCUT2D eigenvalue weighted by Crippen LogP contribution is 2.48. The maximum absolute atomic E-state index is 12.3. The summed E-state index contributed by atoms with van der Waals surface area (Å²) in [5, 5.41) is 22.7. The third kappa shape index (κ3) is 4.68. The highest BCUT2D eigenvalue weighted by Gasteiger charge is 2.23. The van der Waals surface area contributed by atoms with Crippen LogP contribution in [0.25, 0.3) is 0 Å². The lowest BCUT2D eigenvalue weighted by Crippen LogP contribution is -1.98. The van der Waals surface area contributed by atoms with Crippen molar-refractivity contribution in [2.75, 3.05) is 14.2 Å². The average molecular weight is 319 g/mol. The molecule has 0 spiro atoms. The minimum Gasteiger partial charge on any atom is -0.504 e. The van der Waals surface area contributed by atoms with Gasteiger partial charge in [0.25, 0.3) is 0 Å². The SMILES string of the molecule is COc1c([O])c(C)c(C/C=C(\C)CCC=C(C)C)c(O)c1OC. The largest absolute Gasteiger partial charge is 0.504 e. The summed E-state index contributed by atoms with van der Waals surface area (Å²) in [4.78, 5) is 0. The normalized spacial score (nSPS) is 11.3. The van der Waals surface area contributed by atoms with Crippen LogP contribution in [0.4, 0.5) is 0 Å². The molecule has 0 aliphatic rings. The van der Waals surface area contributed by atoms with Crippen LogP contribution in [-0.2, 0) is 11.5 Å². The molecule has 1 N–H and O–H groups in total. The molecular formula is C19H27O4. The number of methoxy groups -OCH3 is 2. The second-order valence-corrected chi connectivity index (χ2v) is 5.92. The van der Waals surface area contributed by atoms with E-state index in [-0.39, 0.29) is 23.0 Å². The van der Waals surface area contributed by atoms with Crippen LogP contribution in [-0.4, -0.2) is 19.3 Å². The molecule has 1 aromatic rings. The Labute approximate surface area is 139 Å². The van der Waals surface area contributed by atoms with Crippen LogP contribution in [0.3, 0.4) is 0 Å². The molecule has 0 saturated carbocycles. The van der Waals surface area contributed by atoms with Crippen LogP contribution in [0, 0.1) is 6.92 Å². The van der Waals surface area contributed by atoms with Gasteiger partial charge in [-0.2, -0.15) is 0 Å². The minimum absolute atomic E-state index is 0.0187. The van der Waals surface area contributed by atoms with Crippen LogP contribution >= 0.6 is 0 Å². The van der Waals surface area contributed by atoms with Crippen LogP contribution in [0.2, 0.25) is 0 Å². The van der Waals surface area contributed by atoms with E-state index in [1.165, 1.54) is 25.4 Å². The quantitative estimate of drug-likeness (QED) is 0.712. The van der Waals surface area contributed by atoms with Gasteiger partial charge in [0.2, 0.25) is 17.2 Å². The number of benzene rings is 1. The molecule has 127 valence electrons. The number of allylic oxidation sites excluding steroid dienone is 4. The van der Waals surface area contributed by atoms with Gasteiger partial charge in [-0.25, -0.2) is 0 Å². The van der Waals surface area contributed by atoms with Gasteiger partial charge in [0.05, 0.1) is 14.2 Å². The number of phenolic OH excluding ortho intramolecular Hbond substituents is 1. The first-order chi connectivity index (χ1) is 10.8. The van der Waals surface area contributed by atoms with E-state index in [2.05, 4.69) is 26.8 Å². The van der Waals surface area contributed by atoms with Crippen molar-refractivity contribution in [2.45, 2.75) is 47.0 Å². The van der Waals surface area contributed by atoms with Crippen LogP contribution in [0.5, 0.6) is 23.0 Å². The number of aromatic hydroxyl groups is 1. The van der Waals surface area contributed by atoms with Crippen molar-refractivity contribution in [3.8, 4) is 23.0 Å². The standard InChI is InChI=1S/C19H27O4/c1-12(2)8-7-9-13(3)10-11-15-14(4)16(20)18(22-5)19(23-6)17(15)21/h8,10,21H,7,9,11H2,1-6H3/b13-10+. The molecular weight excluding hydrogens is 292 g/mol. The molecule has 1 aromatic carbocycles. The van der Waals surface area contributed by atoms with E-state index < -0.39 is 0 Å². The first-order valence-corrected chi connectivity index (χ1v) is 7.75. The number of ether oxygens (including phenoxy) is 2. The first kappa shape index (κ1) is 18.9. The number of hydrogen-bond donors (Lipinski definition) is 1. The van der Waals surface area contributed by atoms with E-state index in [1.807, 2.05) is 6.08 Å². The molecule has 0 aliphatic heterocycles. The topological polar surface area (TPSA) is 58.6 Å².